The van der Waals surface area contributed by atoms with E-state index in [1.807, 2.05) is 0 Å². The minimum Gasteiger partial charge on any atom is -0.551 e. The Morgan fingerprint density at radius 2 is 0.908 bits per heavy atom. The molecule has 0 aliphatic carbocycles. The van der Waals surface area contributed by atoms with E-state index in [-0.39, 0.29) is 6.92 Å². The second-order valence-corrected chi connectivity index (χ2v) is 20.9. The monoisotopic (exact) mass is 845 g/mol. The summed E-state index contributed by atoms with van der Waals surface area (Å²) in [5.41, 5.74) is 12.5. The molecule has 0 bridgehead atoms. The van der Waals surface area contributed by atoms with Crippen molar-refractivity contribution in [2.75, 3.05) is 0 Å². The van der Waals surface area contributed by atoms with Gasteiger partial charge in [-0.05, 0) is 97.1 Å². The second-order valence-electron chi connectivity index (χ2n) is 17.1. The SMILES string of the molecule is c1ccc([Si](c2ccccc2)(c2ccccc2)c2ccccc2-c2ccc3c(c2)B2Oc4ccc(-c5ccc(-n6c7ccccc7c7ccccc76)cc5)cc4-c4cccc(c42)O3)cc1. The molecule has 0 saturated heterocycles. The lowest BCUT2D eigenvalue weighted by Gasteiger charge is -2.36. The van der Waals surface area contributed by atoms with E-state index in [0.29, 0.717) is 0 Å². The van der Waals surface area contributed by atoms with Gasteiger partial charge in [0.25, 0.3) is 0 Å². The summed E-state index contributed by atoms with van der Waals surface area (Å²) in [6.07, 6.45) is 0. The minimum absolute atomic E-state index is 0.333. The van der Waals surface area contributed by atoms with Gasteiger partial charge in [0.1, 0.15) is 17.2 Å². The zero-order chi connectivity index (χ0) is 42.9. The zero-order valence-corrected chi connectivity index (χ0v) is 36.4. The third-order valence-electron chi connectivity index (χ3n) is 13.7. The van der Waals surface area contributed by atoms with E-state index in [0.717, 1.165) is 61.7 Å². The number of rotatable bonds is 7. The van der Waals surface area contributed by atoms with Gasteiger partial charge in [0.2, 0.25) is 0 Å². The lowest BCUT2D eigenvalue weighted by Crippen LogP contribution is -2.75. The van der Waals surface area contributed by atoms with E-state index in [9.17, 15) is 0 Å². The molecule has 2 aliphatic rings. The first-order chi connectivity index (χ1) is 32.2. The van der Waals surface area contributed by atoms with Crippen molar-refractivity contribution < 1.29 is 9.39 Å². The molecule has 10 aromatic carbocycles. The molecular weight excluding hydrogens is 806 g/mol. The smallest absolute Gasteiger partial charge is 0.434 e. The van der Waals surface area contributed by atoms with Crippen LogP contribution in [0.4, 0.5) is 0 Å². The molecule has 0 saturated carbocycles. The van der Waals surface area contributed by atoms with E-state index < -0.39 is 8.07 Å². The molecule has 11 aromatic rings. The Kier molecular flexibility index (Phi) is 8.65. The van der Waals surface area contributed by atoms with Crippen LogP contribution >= 0.6 is 0 Å². The molecule has 0 fully saturated rings. The predicted molar refractivity (Wildman–Crippen MR) is 273 cm³/mol. The van der Waals surface area contributed by atoms with Crippen molar-refractivity contribution in [3.8, 4) is 56.3 Å². The molecular formula is C60H40BNO2Si. The first-order valence-corrected chi connectivity index (χ1v) is 24.4. The van der Waals surface area contributed by atoms with Crippen molar-refractivity contribution in [3.63, 3.8) is 0 Å². The first kappa shape index (κ1) is 37.4. The molecule has 3 heterocycles. The first-order valence-electron chi connectivity index (χ1n) is 22.4. The van der Waals surface area contributed by atoms with Gasteiger partial charge in [0, 0.05) is 32.9 Å². The van der Waals surface area contributed by atoms with Crippen LogP contribution in [-0.2, 0) is 0 Å². The van der Waals surface area contributed by atoms with E-state index >= 15 is 0 Å². The molecule has 2 aliphatic heterocycles. The highest BCUT2D eigenvalue weighted by Crippen LogP contribution is 2.42. The topological polar surface area (TPSA) is 23.4 Å². The number of para-hydroxylation sites is 2. The predicted octanol–water partition coefficient (Wildman–Crippen LogP) is 10.8. The number of ether oxygens (including phenoxy) is 1. The van der Waals surface area contributed by atoms with Crippen LogP contribution in [0, 0.1) is 0 Å². The van der Waals surface area contributed by atoms with Crippen LogP contribution in [0.25, 0.3) is 60.9 Å². The normalized spacial score (nSPS) is 12.5. The van der Waals surface area contributed by atoms with Crippen molar-refractivity contribution in [2.24, 2.45) is 0 Å². The molecule has 0 spiro atoms. The van der Waals surface area contributed by atoms with E-state index in [1.165, 1.54) is 48.1 Å². The van der Waals surface area contributed by atoms with Crippen molar-refractivity contribution in [1.29, 1.82) is 0 Å². The van der Waals surface area contributed by atoms with Gasteiger partial charge in [-0.15, -0.1) is 0 Å². The van der Waals surface area contributed by atoms with Crippen LogP contribution in [0.15, 0.2) is 243 Å². The van der Waals surface area contributed by atoms with Crippen LogP contribution < -0.4 is 41.1 Å². The van der Waals surface area contributed by atoms with Crippen molar-refractivity contribution in [3.05, 3.63) is 243 Å². The summed E-state index contributed by atoms with van der Waals surface area (Å²) in [5.74, 6) is 2.53. The van der Waals surface area contributed by atoms with Crippen LogP contribution in [0.3, 0.4) is 0 Å². The summed E-state index contributed by atoms with van der Waals surface area (Å²) in [5, 5.41) is 7.89. The van der Waals surface area contributed by atoms with Gasteiger partial charge in [0.15, 0.2) is 8.07 Å². The fourth-order valence-corrected chi connectivity index (χ4v) is 15.8. The molecule has 65 heavy (non-hydrogen) atoms. The highest BCUT2D eigenvalue weighted by Gasteiger charge is 2.44. The highest BCUT2D eigenvalue weighted by atomic mass is 28.3. The fraction of sp³-hybridized carbons (Fsp3) is 0. The molecule has 0 amide bonds. The molecule has 3 nitrogen and oxygen atoms in total. The number of hydrogen-bond acceptors (Lipinski definition) is 2. The molecule has 5 heteroatoms. The fourth-order valence-electron chi connectivity index (χ4n) is 10.8. The van der Waals surface area contributed by atoms with Crippen molar-refractivity contribution in [2.45, 2.75) is 0 Å². The van der Waals surface area contributed by atoms with E-state index in [2.05, 4.69) is 247 Å². The Bertz CT molecular complexity index is 3460. The number of aromatic nitrogens is 1. The maximum Gasteiger partial charge on any atom is 0.434 e. The van der Waals surface area contributed by atoms with Crippen LogP contribution in [0.5, 0.6) is 17.2 Å². The van der Waals surface area contributed by atoms with Gasteiger partial charge in [-0.1, -0.05) is 194 Å². The lowest BCUT2D eigenvalue weighted by molar-refractivity contribution is 0.479. The Labute approximate surface area is 379 Å². The number of fused-ring (bicyclic) bond motifs is 7. The van der Waals surface area contributed by atoms with Crippen LogP contribution in [-0.4, -0.2) is 19.6 Å². The summed E-state index contributed by atoms with van der Waals surface area (Å²) < 4.78 is 16.3. The maximum atomic E-state index is 7.13. The zero-order valence-electron chi connectivity index (χ0n) is 35.4. The van der Waals surface area contributed by atoms with Gasteiger partial charge >= 0.3 is 6.92 Å². The van der Waals surface area contributed by atoms with Crippen LogP contribution in [0.1, 0.15) is 0 Å². The molecule has 0 atom stereocenters. The third kappa shape index (κ3) is 5.83. The van der Waals surface area contributed by atoms with Crippen LogP contribution in [0.2, 0.25) is 0 Å². The van der Waals surface area contributed by atoms with Gasteiger partial charge in [0.05, 0.1) is 11.0 Å². The summed E-state index contributed by atoms with van der Waals surface area (Å²) in [6.45, 7) is -0.333. The van der Waals surface area contributed by atoms with Gasteiger partial charge in [-0.25, -0.2) is 0 Å². The molecule has 0 N–H and O–H groups in total. The van der Waals surface area contributed by atoms with Gasteiger partial charge in [-0.3, -0.25) is 0 Å². The molecule has 304 valence electrons. The lowest BCUT2D eigenvalue weighted by atomic mass is 9.50. The van der Waals surface area contributed by atoms with Gasteiger partial charge < -0.3 is 14.0 Å². The molecule has 0 radical (unpaired) electrons. The van der Waals surface area contributed by atoms with E-state index in [4.69, 9.17) is 9.39 Å². The molecule has 1 aromatic heterocycles. The average Bonchev–Trinajstić information content (AvgIpc) is 3.72. The van der Waals surface area contributed by atoms with Gasteiger partial charge in [-0.2, -0.15) is 0 Å². The second kappa shape index (κ2) is 15.0. The number of benzene rings is 10. The molecule has 0 unspecified atom stereocenters. The third-order valence-corrected chi connectivity index (χ3v) is 18.5. The van der Waals surface area contributed by atoms with Crippen molar-refractivity contribution in [1.82, 2.24) is 4.57 Å². The van der Waals surface area contributed by atoms with E-state index in [1.54, 1.807) is 0 Å². The average molecular weight is 846 g/mol. The Hall–Kier alpha value is -8.12. The summed E-state index contributed by atoms with van der Waals surface area (Å²) in [4.78, 5) is 0. The quantitative estimate of drug-likeness (QED) is 0.118. The summed E-state index contributed by atoms with van der Waals surface area (Å²) >= 11 is 0. The number of hydrogen-bond donors (Lipinski definition) is 0. The Balaban J connectivity index is 0.899. The van der Waals surface area contributed by atoms with Crippen molar-refractivity contribution >= 4 is 68.5 Å². The standard InChI is InChI=1S/C60H40BNO2Si/c1-4-17-45(18-5-1)65(46-19-6-2-7-20-46,47-21-8-3-9-22-47)59-30-15-12-23-48(59)43-34-38-57-53(40-43)61-60-51(26-16-29-58(60)63-57)52-39-42(33-37-56(52)64-61)41-31-35-44(36-32-41)62-54-27-13-10-24-49(54)50-25-11-14-28-55(50)62/h1-40H. The Morgan fingerprint density at radius 1 is 0.369 bits per heavy atom. The Morgan fingerprint density at radius 3 is 1.57 bits per heavy atom. The summed E-state index contributed by atoms with van der Waals surface area (Å²) in [7, 11) is -2.83. The highest BCUT2D eigenvalue weighted by molar-refractivity contribution is 7.20. The summed E-state index contributed by atoms with van der Waals surface area (Å²) in [6, 6.07) is 88.3. The molecule has 13 rings (SSSR count). The minimum atomic E-state index is -2.83. The number of nitrogens with zero attached hydrogens (tertiary/aromatic N) is 1. The maximum absolute atomic E-state index is 7.13. The largest absolute Gasteiger partial charge is 0.551 e.